The Kier molecular flexibility index (Phi) is 6.19. The van der Waals surface area contributed by atoms with Gasteiger partial charge in [-0.2, -0.15) is 0 Å². The van der Waals surface area contributed by atoms with Crippen LogP contribution in [0.4, 0.5) is 5.69 Å². The van der Waals surface area contributed by atoms with Gasteiger partial charge in [0.2, 0.25) is 0 Å². The first-order valence-corrected chi connectivity index (χ1v) is 6.38. The zero-order valence-electron chi connectivity index (χ0n) is 10.6. The Labute approximate surface area is 127 Å². The van der Waals surface area contributed by atoms with Crippen LogP contribution in [-0.2, 0) is 0 Å². The molecule has 6 nitrogen and oxygen atoms in total. The highest BCUT2D eigenvalue weighted by Crippen LogP contribution is 2.20. The molecular weight excluding hydrogens is 305 g/mol. The lowest BCUT2D eigenvalue weighted by Gasteiger charge is -2.10. The molecule has 110 valence electrons. The zero-order chi connectivity index (χ0) is 13.8. The van der Waals surface area contributed by atoms with Crippen LogP contribution in [0.2, 0.25) is 5.02 Å². The Morgan fingerprint density at radius 2 is 2.25 bits per heavy atom. The van der Waals surface area contributed by atoms with Crippen molar-refractivity contribution in [2.24, 2.45) is 5.92 Å². The van der Waals surface area contributed by atoms with Crippen molar-refractivity contribution in [2.45, 2.75) is 6.42 Å². The fraction of sp³-hybridized carbons (Fsp3) is 0.417. The highest BCUT2D eigenvalue weighted by Gasteiger charge is 2.17. The van der Waals surface area contributed by atoms with Crippen LogP contribution in [0.15, 0.2) is 18.2 Å². The number of hydrogen-bond acceptors (Lipinski definition) is 4. The summed E-state index contributed by atoms with van der Waals surface area (Å²) in [7, 11) is 0. The fourth-order valence-corrected chi connectivity index (χ4v) is 2.27. The van der Waals surface area contributed by atoms with E-state index in [0.717, 1.165) is 19.5 Å². The average Bonchev–Trinajstić information content (AvgIpc) is 2.88. The van der Waals surface area contributed by atoms with E-state index in [9.17, 15) is 14.9 Å². The smallest absolute Gasteiger partial charge is 0.271 e. The second-order valence-electron chi connectivity index (χ2n) is 4.52. The maximum atomic E-state index is 11.9. The highest BCUT2D eigenvalue weighted by atomic mass is 35.5. The van der Waals surface area contributed by atoms with Crippen molar-refractivity contribution in [1.82, 2.24) is 10.6 Å². The van der Waals surface area contributed by atoms with Crippen LogP contribution < -0.4 is 10.6 Å². The van der Waals surface area contributed by atoms with Gasteiger partial charge in [-0.25, -0.2) is 0 Å². The molecule has 1 aliphatic rings. The summed E-state index contributed by atoms with van der Waals surface area (Å²) in [5.74, 6) is 0.0793. The maximum absolute atomic E-state index is 11.9. The lowest BCUT2D eigenvalue weighted by atomic mass is 10.1. The number of hydrogen-bond donors (Lipinski definition) is 2. The number of nitrogens with one attached hydrogen (secondary N) is 2. The minimum Gasteiger partial charge on any atom is -0.352 e. The number of nitrogens with zero attached hydrogens (tertiary/aromatic N) is 1. The second-order valence-corrected chi connectivity index (χ2v) is 4.96. The monoisotopic (exact) mass is 319 g/mol. The van der Waals surface area contributed by atoms with Gasteiger partial charge in [0.05, 0.1) is 4.92 Å². The predicted octanol–water partition coefficient (Wildman–Crippen LogP) is 2.01. The molecule has 0 bridgehead atoms. The summed E-state index contributed by atoms with van der Waals surface area (Å²) < 4.78 is 0. The number of nitro groups is 1. The Hall–Kier alpha value is -1.37. The van der Waals surface area contributed by atoms with Crippen LogP contribution in [0.5, 0.6) is 0 Å². The summed E-state index contributed by atoms with van der Waals surface area (Å²) in [6, 6.07) is 3.88. The third-order valence-electron chi connectivity index (χ3n) is 3.07. The molecule has 1 heterocycles. The van der Waals surface area contributed by atoms with Crippen molar-refractivity contribution in [3.63, 3.8) is 0 Å². The zero-order valence-corrected chi connectivity index (χ0v) is 12.2. The van der Waals surface area contributed by atoms with E-state index in [1.807, 2.05) is 0 Å². The maximum Gasteiger partial charge on any atom is 0.271 e. The Bertz CT molecular complexity index is 505. The van der Waals surface area contributed by atoms with E-state index in [0.29, 0.717) is 12.5 Å². The first-order valence-electron chi connectivity index (χ1n) is 6.00. The predicted molar refractivity (Wildman–Crippen MR) is 78.7 cm³/mol. The molecule has 1 aliphatic heterocycles. The lowest BCUT2D eigenvalue weighted by Crippen LogP contribution is -2.30. The van der Waals surface area contributed by atoms with Gasteiger partial charge in [-0.15, -0.1) is 12.4 Å². The van der Waals surface area contributed by atoms with E-state index in [1.54, 1.807) is 0 Å². The van der Waals surface area contributed by atoms with Gasteiger partial charge in [-0.1, -0.05) is 11.6 Å². The number of nitro benzene ring substituents is 1. The topological polar surface area (TPSA) is 84.3 Å². The van der Waals surface area contributed by atoms with Crippen molar-refractivity contribution in [1.29, 1.82) is 0 Å². The van der Waals surface area contributed by atoms with Crippen molar-refractivity contribution in [3.05, 3.63) is 38.9 Å². The van der Waals surface area contributed by atoms with Gasteiger partial charge in [0.15, 0.2) is 0 Å². The van der Waals surface area contributed by atoms with Gasteiger partial charge in [0.25, 0.3) is 11.6 Å². The molecule has 0 aliphatic carbocycles. The standard InChI is InChI=1S/C12H14ClN3O3.ClH/c13-10-3-9(4-11(5-10)16(18)19)12(17)15-7-8-1-2-14-6-8;/h3-5,8,14H,1-2,6-7H2,(H,15,17);1H. The number of halogens is 2. The minimum atomic E-state index is -0.566. The van der Waals surface area contributed by atoms with Gasteiger partial charge >= 0.3 is 0 Å². The van der Waals surface area contributed by atoms with Crippen molar-refractivity contribution >= 4 is 35.6 Å². The molecule has 8 heteroatoms. The van der Waals surface area contributed by atoms with E-state index in [2.05, 4.69) is 10.6 Å². The Morgan fingerprint density at radius 3 is 2.85 bits per heavy atom. The molecule has 1 saturated heterocycles. The van der Waals surface area contributed by atoms with Gasteiger partial charge < -0.3 is 10.6 Å². The van der Waals surface area contributed by atoms with E-state index >= 15 is 0 Å². The molecule has 1 aromatic rings. The van der Waals surface area contributed by atoms with Crippen molar-refractivity contribution < 1.29 is 9.72 Å². The third kappa shape index (κ3) is 4.33. The van der Waals surface area contributed by atoms with Crippen LogP contribution in [0.25, 0.3) is 0 Å². The first kappa shape index (κ1) is 16.7. The molecule has 0 aromatic heterocycles. The van der Waals surface area contributed by atoms with E-state index in [-0.39, 0.29) is 34.6 Å². The molecule has 2 rings (SSSR count). The Balaban J connectivity index is 0.00000200. The van der Waals surface area contributed by atoms with Crippen LogP contribution in [0.1, 0.15) is 16.8 Å². The molecule has 1 aromatic carbocycles. The number of carbonyl (C=O) groups is 1. The fourth-order valence-electron chi connectivity index (χ4n) is 2.04. The number of amides is 1. The molecule has 1 fully saturated rings. The molecule has 1 atom stereocenters. The SMILES string of the molecule is Cl.O=C(NCC1CCNC1)c1cc(Cl)cc([N+](=O)[O-])c1. The van der Waals surface area contributed by atoms with Crippen molar-refractivity contribution in [3.8, 4) is 0 Å². The molecule has 0 saturated carbocycles. The highest BCUT2D eigenvalue weighted by molar-refractivity contribution is 6.31. The largest absolute Gasteiger partial charge is 0.352 e. The summed E-state index contributed by atoms with van der Waals surface area (Å²) in [6.45, 7) is 2.41. The number of carbonyl (C=O) groups excluding carboxylic acids is 1. The summed E-state index contributed by atoms with van der Waals surface area (Å²) in [6.07, 6.45) is 1.02. The average molecular weight is 320 g/mol. The number of rotatable bonds is 4. The molecule has 2 N–H and O–H groups in total. The molecular formula is C12H15Cl2N3O3. The second kappa shape index (κ2) is 7.42. The van der Waals surface area contributed by atoms with Crippen LogP contribution >= 0.6 is 24.0 Å². The number of non-ortho nitro benzene ring substituents is 1. The molecule has 1 amide bonds. The quantitative estimate of drug-likeness (QED) is 0.656. The van der Waals surface area contributed by atoms with Crippen LogP contribution in [0, 0.1) is 16.0 Å². The summed E-state index contributed by atoms with van der Waals surface area (Å²) in [5.41, 5.74) is 0.0327. The van der Waals surface area contributed by atoms with E-state index < -0.39 is 4.92 Å². The summed E-state index contributed by atoms with van der Waals surface area (Å²) >= 11 is 5.77. The molecule has 1 unspecified atom stereocenters. The minimum absolute atomic E-state index is 0. The van der Waals surface area contributed by atoms with Crippen LogP contribution in [-0.4, -0.2) is 30.5 Å². The lowest BCUT2D eigenvalue weighted by molar-refractivity contribution is -0.384. The van der Waals surface area contributed by atoms with Crippen LogP contribution in [0.3, 0.4) is 0 Å². The molecule has 0 spiro atoms. The summed E-state index contributed by atoms with van der Waals surface area (Å²) in [5, 5.41) is 16.9. The number of benzene rings is 1. The summed E-state index contributed by atoms with van der Waals surface area (Å²) in [4.78, 5) is 22.1. The Morgan fingerprint density at radius 1 is 1.50 bits per heavy atom. The first-order chi connectivity index (χ1) is 9.06. The molecule has 0 radical (unpaired) electrons. The van der Waals surface area contributed by atoms with Gasteiger partial charge in [-0.3, -0.25) is 14.9 Å². The molecule has 20 heavy (non-hydrogen) atoms. The van der Waals surface area contributed by atoms with Crippen molar-refractivity contribution in [2.75, 3.05) is 19.6 Å². The normalized spacial score (nSPS) is 17.4. The third-order valence-corrected chi connectivity index (χ3v) is 3.29. The van der Waals surface area contributed by atoms with Gasteiger partial charge in [0.1, 0.15) is 0 Å². The van der Waals surface area contributed by atoms with E-state index in [1.165, 1.54) is 18.2 Å². The van der Waals surface area contributed by atoms with Gasteiger partial charge in [-0.05, 0) is 31.5 Å². The van der Waals surface area contributed by atoms with Gasteiger partial charge in [0, 0.05) is 29.3 Å². The van der Waals surface area contributed by atoms with E-state index in [4.69, 9.17) is 11.6 Å².